The van der Waals surface area contributed by atoms with Gasteiger partial charge in [0.25, 0.3) is 0 Å². The summed E-state index contributed by atoms with van der Waals surface area (Å²) in [5.74, 6) is -1.21. The van der Waals surface area contributed by atoms with Crippen LogP contribution < -0.4 is 5.32 Å². The Bertz CT molecular complexity index is 413. The van der Waals surface area contributed by atoms with Gasteiger partial charge in [0.1, 0.15) is 11.3 Å². The van der Waals surface area contributed by atoms with Crippen molar-refractivity contribution in [2.75, 3.05) is 12.4 Å². The van der Waals surface area contributed by atoms with Crippen LogP contribution in [0.25, 0.3) is 0 Å². The summed E-state index contributed by atoms with van der Waals surface area (Å²) < 4.78 is 0. The van der Waals surface area contributed by atoms with Gasteiger partial charge in [0.05, 0.1) is 0 Å². The van der Waals surface area contributed by atoms with E-state index in [1.807, 2.05) is 13.8 Å². The van der Waals surface area contributed by atoms with Crippen molar-refractivity contribution < 1.29 is 15.0 Å². The number of phenols is 1. The lowest BCUT2D eigenvalue weighted by molar-refractivity contribution is 0.0693. The van der Waals surface area contributed by atoms with Crippen molar-refractivity contribution in [1.82, 2.24) is 0 Å². The summed E-state index contributed by atoms with van der Waals surface area (Å²) in [6.45, 7) is 3.88. The number of carboxylic acid groups (broad SMARTS) is 1. The number of carbonyl (C=O) groups is 1. The van der Waals surface area contributed by atoms with E-state index in [1.165, 1.54) is 6.07 Å². The molecule has 1 aromatic carbocycles. The van der Waals surface area contributed by atoms with Crippen molar-refractivity contribution in [2.45, 2.75) is 26.7 Å². The molecular weight excluding hydrogens is 206 g/mol. The molecule has 0 saturated heterocycles. The van der Waals surface area contributed by atoms with E-state index in [4.69, 9.17) is 5.11 Å². The molecule has 0 bridgehead atoms. The standard InChI is InChI=1S/C12H17NO3/c1-4-7-8(5-2)11(14)9(12(15)16)6-10(7)13-3/h6,13-14H,4-5H2,1-3H3,(H,15,16). The number of hydrogen-bond acceptors (Lipinski definition) is 3. The maximum Gasteiger partial charge on any atom is 0.339 e. The molecule has 0 aliphatic rings. The van der Waals surface area contributed by atoms with Gasteiger partial charge in [-0.2, -0.15) is 0 Å². The van der Waals surface area contributed by atoms with E-state index in [1.54, 1.807) is 7.05 Å². The van der Waals surface area contributed by atoms with Gasteiger partial charge >= 0.3 is 5.97 Å². The minimum Gasteiger partial charge on any atom is -0.507 e. The van der Waals surface area contributed by atoms with Crippen LogP contribution in [0.1, 0.15) is 35.3 Å². The van der Waals surface area contributed by atoms with Crippen LogP contribution in [0.4, 0.5) is 5.69 Å². The van der Waals surface area contributed by atoms with E-state index in [0.717, 1.165) is 17.7 Å². The molecule has 0 atom stereocenters. The first-order valence-corrected chi connectivity index (χ1v) is 5.35. The summed E-state index contributed by atoms with van der Waals surface area (Å²) in [5.41, 5.74) is 2.42. The molecule has 4 nitrogen and oxygen atoms in total. The fraction of sp³-hybridized carbons (Fsp3) is 0.417. The van der Waals surface area contributed by atoms with E-state index < -0.39 is 5.97 Å². The van der Waals surface area contributed by atoms with Crippen LogP contribution in [0.5, 0.6) is 5.75 Å². The summed E-state index contributed by atoms with van der Waals surface area (Å²) in [6, 6.07) is 1.48. The lowest BCUT2D eigenvalue weighted by atomic mass is 9.96. The fourth-order valence-corrected chi connectivity index (χ4v) is 1.94. The Morgan fingerprint density at radius 3 is 2.25 bits per heavy atom. The second-order valence-electron chi connectivity index (χ2n) is 3.54. The summed E-state index contributed by atoms with van der Waals surface area (Å²) in [4.78, 5) is 11.0. The number of benzene rings is 1. The number of aromatic carboxylic acids is 1. The molecule has 0 aliphatic heterocycles. The largest absolute Gasteiger partial charge is 0.507 e. The summed E-state index contributed by atoms with van der Waals surface area (Å²) in [7, 11) is 1.75. The second kappa shape index (κ2) is 4.88. The Morgan fingerprint density at radius 1 is 1.31 bits per heavy atom. The number of aromatic hydroxyl groups is 1. The van der Waals surface area contributed by atoms with Gasteiger partial charge in [0.15, 0.2) is 0 Å². The van der Waals surface area contributed by atoms with Crippen LogP contribution >= 0.6 is 0 Å². The fourth-order valence-electron chi connectivity index (χ4n) is 1.94. The van der Waals surface area contributed by atoms with Crippen molar-refractivity contribution in [2.24, 2.45) is 0 Å². The minimum absolute atomic E-state index is 0.0431. The van der Waals surface area contributed by atoms with Crippen molar-refractivity contribution in [3.05, 3.63) is 22.8 Å². The molecule has 0 spiro atoms. The van der Waals surface area contributed by atoms with Gasteiger partial charge in [-0.05, 0) is 30.0 Å². The molecule has 0 fully saturated rings. The zero-order valence-corrected chi connectivity index (χ0v) is 9.79. The van der Waals surface area contributed by atoms with E-state index in [2.05, 4.69) is 5.32 Å². The van der Waals surface area contributed by atoms with Crippen molar-refractivity contribution >= 4 is 11.7 Å². The first-order chi connectivity index (χ1) is 7.56. The van der Waals surface area contributed by atoms with Crippen LogP contribution in [-0.4, -0.2) is 23.2 Å². The predicted octanol–water partition coefficient (Wildman–Crippen LogP) is 2.26. The maximum atomic E-state index is 11.0. The number of carboxylic acids is 1. The van der Waals surface area contributed by atoms with Gasteiger partial charge in [-0.3, -0.25) is 0 Å². The van der Waals surface area contributed by atoms with Crippen LogP contribution in [-0.2, 0) is 12.8 Å². The van der Waals surface area contributed by atoms with Crippen LogP contribution in [0, 0.1) is 0 Å². The summed E-state index contributed by atoms with van der Waals surface area (Å²) >= 11 is 0. The van der Waals surface area contributed by atoms with Crippen LogP contribution in [0.3, 0.4) is 0 Å². The third-order valence-corrected chi connectivity index (χ3v) is 2.73. The molecule has 1 rings (SSSR count). The lowest BCUT2D eigenvalue weighted by Crippen LogP contribution is -2.06. The number of hydrogen-bond donors (Lipinski definition) is 3. The van der Waals surface area contributed by atoms with Crippen molar-refractivity contribution in [3.8, 4) is 5.75 Å². The molecule has 0 saturated carbocycles. The molecule has 0 aromatic heterocycles. The molecule has 16 heavy (non-hydrogen) atoms. The van der Waals surface area contributed by atoms with Crippen molar-refractivity contribution in [1.29, 1.82) is 0 Å². The highest BCUT2D eigenvalue weighted by Gasteiger charge is 2.18. The zero-order chi connectivity index (χ0) is 12.3. The van der Waals surface area contributed by atoms with Gasteiger partial charge in [0, 0.05) is 12.7 Å². The topological polar surface area (TPSA) is 69.6 Å². The summed E-state index contributed by atoms with van der Waals surface area (Å²) in [6.07, 6.45) is 1.37. The highest BCUT2D eigenvalue weighted by Crippen LogP contribution is 2.33. The van der Waals surface area contributed by atoms with Gasteiger partial charge < -0.3 is 15.5 Å². The van der Waals surface area contributed by atoms with E-state index in [-0.39, 0.29) is 11.3 Å². The quantitative estimate of drug-likeness (QED) is 0.685. The lowest BCUT2D eigenvalue weighted by Gasteiger charge is -2.16. The molecule has 1 aromatic rings. The average molecular weight is 223 g/mol. The second-order valence-corrected chi connectivity index (χ2v) is 3.54. The molecule has 0 unspecified atom stereocenters. The Hall–Kier alpha value is -1.71. The van der Waals surface area contributed by atoms with Crippen molar-refractivity contribution in [3.63, 3.8) is 0 Å². The number of rotatable bonds is 4. The smallest absolute Gasteiger partial charge is 0.339 e. The van der Waals surface area contributed by atoms with E-state index in [0.29, 0.717) is 12.0 Å². The third-order valence-electron chi connectivity index (χ3n) is 2.73. The van der Waals surface area contributed by atoms with Gasteiger partial charge in [-0.1, -0.05) is 13.8 Å². The van der Waals surface area contributed by atoms with Gasteiger partial charge in [-0.25, -0.2) is 4.79 Å². The summed E-state index contributed by atoms with van der Waals surface area (Å²) in [5, 5.41) is 21.8. The SMILES string of the molecule is CCc1c(NC)cc(C(=O)O)c(O)c1CC. The predicted molar refractivity (Wildman–Crippen MR) is 63.4 cm³/mol. The van der Waals surface area contributed by atoms with Gasteiger partial charge in [0.2, 0.25) is 0 Å². The first-order valence-electron chi connectivity index (χ1n) is 5.35. The van der Waals surface area contributed by atoms with Crippen LogP contribution in [0.2, 0.25) is 0 Å². The third kappa shape index (κ3) is 1.96. The highest BCUT2D eigenvalue weighted by atomic mass is 16.4. The minimum atomic E-state index is -1.11. The Balaban J connectivity index is 3.54. The molecule has 0 aliphatic carbocycles. The molecule has 4 heteroatoms. The zero-order valence-electron chi connectivity index (χ0n) is 9.79. The number of anilines is 1. The monoisotopic (exact) mass is 223 g/mol. The van der Waals surface area contributed by atoms with E-state index >= 15 is 0 Å². The highest BCUT2D eigenvalue weighted by molar-refractivity contribution is 5.93. The molecule has 0 radical (unpaired) electrons. The molecular formula is C12H17NO3. The molecule has 3 N–H and O–H groups in total. The molecule has 88 valence electrons. The molecule has 0 heterocycles. The van der Waals surface area contributed by atoms with Gasteiger partial charge in [-0.15, -0.1) is 0 Å². The average Bonchev–Trinajstić information content (AvgIpc) is 2.27. The first kappa shape index (κ1) is 12.4. The van der Waals surface area contributed by atoms with Crippen LogP contribution in [0.15, 0.2) is 6.07 Å². The maximum absolute atomic E-state index is 11.0. The number of nitrogens with one attached hydrogen (secondary N) is 1. The Labute approximate surface area is 94.9 Å². The van der Waals surface area contributed by atoms with E-state index in [9.17, 15) is 9.90 Å². The molecule has 0 amide bonds. The Kier molecular flexibility index (Phi) is 3.77. The Morgan fingerprint density at radius 2 is 1.88 bits per heavy atom. The normalized spacial score (nSPS) is 10.2.